The number of ether oxygens (including phenoxy) is 1. The molecule has 0 radical (unpaired) electrons. The Labute approximate surface area is 148 Å². The molecule has 0 unspecified atom stereocenters. The molecule has 0 spiro atoms. The lowest BCUT2D eigenvalue weighted by atomic mass is 10.1. The van der Waals surface area contributed by atoms with E-state index in [1.165, 1.54) is 30.1 Å². The topological polar surface area (TPSA) is 75.7 Å². The Morgan fingerprint density at radius 2 is 1.88 bits per heavy atom. The monoisotopic (exact) mass is 356 g/mol. The standard InChI is InChI=1S/C18H13ClN2O4/c1-11(22)25-16-8-7-12(10-15(16)19)9-14-17(23)20-21(18(14)24)13-5-3-2-4-6-13/h2-10H,1H3,(H,20,23)/b14-9-. The number of benzene rings is 2. The summed E-state index contributed by atoms with van der Waals surface area (Å²) in [5, 5.41) is 1.39. The lowest BCUT2D eigenvalue weighted by Gasteiger charge is -2.13. The van der Waals surface area contributed by atoms with Crippen LogP contribution in [-0.2, 0) is 14.4 Å². The number of carbonyl (C=O) groups excluding carboxylic acids is 3. The van der Waals surface area contributed by atoms with Gasteiger partial charge in [-0.2, -0.15) is 0 Å². The van der Waals surface area contributed by atoms with E-state index in [1.807, 2.05) is 6.07 Å². The first-order valence-corrected chi connectivity index (χ1v) is 7.73. The second kappa shape index (κ2) is 6.78. The van der Waals surface area contributed by atoms with Crippen LogP contribution in [0.3, 0.4) is 0 Å². The third-order valence-electron chi connectivity index (χ3n) is 3.43. The second-order valence-corrected chi connectivity index (χ2v) is 5.67. The van der Waals surface area contributed by atoms with Gasteiger partial charge in [-0.3, -0.25) is 19.8 Å². The highest BCUT2D eigenvalue weighted by Gasteiger charge is 2.34. The zero-order valence-corrected chi connectivity index (χ0v) is 13.9. The molecule has 0 bridgehead atoms. The number of hydrogen-bond donors (Lipinski definition) is 1. The Balaban J connectivity index is 1.88. The van der Waals surface area contributed by atoms with Gasteiger partial charge in [0.25, 0.3) is 11.8 Å². The normalized spacial score (nSPS) is 15.4. The number of nitrogens with zero attached hydrogens (tertiary/aromatic N) is 1. The zero-order chi connectivity index (χ0) is 18.0. The Morgan fingerprint density at radius 1 is 1.16 bits per heavy atom. The van der Waals surface area contributed by atoms with Crippen LogP contribution in [0, 0.1) is 0 Å². The van der Waals surface area contributed by atoms with Crippen LogP contribution in [0.2, 0.25) is 5.02 Å². The van der Waals surface area contributed by atoms with E-state index in [-0.39, 0.29) is 16.3 Å². The van der Waals surface area contributed by atoms with Gasteiger partial charge in [0, 0.05) is 6.92 Å². The summed E-state index contributed by atoms with van der Waals surface area (Å²) in [5.41, 5.74) is 3.60. The first kappa shape index (κ1) is 16.7. The summed E-state index contributed by atoms with van der Waals surface area (Å²) in [7, 11) is 0. The first-order valence-electron chi connectivity index (χ1n) is 7.36. The molecule has 1 N–H and O–H groups in total. The highest BCUT2D eigenvalue weighted by molar-refractivity contribution is 6.33. The van der Waals surface area contributed by atoms with Gasteiger partial charge in [0.2, 0.25) is 0 Å². The Morgan fingerprint density at radius 3 is 2.52 bits per heavy atom. The van der Waals surface area contributed by atoms with Crippen molar-refractivity contribution >= 4 is 41.1 Å². The zero-order valence-electron chi connectivity index (χ0n) is 13.2. The molecule has 2 aromatic carbocycles. The number of hydrogen-bond acceptors (Lipinski definition) is 4. The van der Waals surface area contributed by atoms with Gasteiger partial charge >= 0.3 is 5.97 Å². The molecular weight excluding hydrogens is 344 g/mol. The number of rotatable bonds is 3. The Kier molecular flexibility index (Phi) is 4.54. The van der Waals surface area contributed by atoms with Gasteiger partial charge in [0.15, 0.2) is 0 Å². The van der Waals surface area contributed by atoms with E-state index in [1.54, 1.807) is 30.3 Å². The molecule has 1 heterocycles. The molecule has 7 heteroatoms. The molecule has 1 aliphatic heterocycles. The SMILES string of the molecule is CC(=O)Oc1ccc(/C=C2/C(=O)NN(c3ccccc3)C2=O)cc1Cl. The van der Waals surface area contributed by atoms with Gasteiger partial charge in [-0.25, -0.2) is 5.01 Å². The van der Waals surface area contributed by atoms with E-state index in [9.17, 15) is 14.4 Å². The molecule has 126 valence electrons. The lowest BCUT2D eigenvalue weighted by molar-refractivity contribution is -0.131. The molecule has 0 atom stereocenters. The van der Waals surface area contributed by atoms with Crippen LogP contribution in [0.4, 0.5) is 5.69 Å². The third-order valence-corrected chi connectivity index (χ3v) is 3.72. The largest absolute Gasteiger partial charge is 0.425 e. The van der Waals surface area contributed by atoms with E-state index >= 15 is 0 Å². The van der Waals surface area contributed by atoms with Crippen molar-refractivity contribution in [3.05, 3.63) is 64.7 Å². The van der Waals surface area contributed by atoms with Gasteiger partial charge in [0.1, 0.15) is 11.3 Å². The number of halogens is 1. The highest BCUT2D eigenvalue weighted by Crippen LogP contribution is 2.27. The maximum absolute atomic E-state index is 12.5. The Bertz CT molecular complexity index is 893. The fourth-order valence-corrected chi connectivity index (χ4v) is 2.55. The van der Waals surface area contributed by atoms with Crippen molar-refractivity contribution in [2.24, 2.45) is 0 Å². The summed E-state index contributed by atoms with van der Waals surface area (Å²) in [6.45, 7) is 1.27. The summed E-state index contributed by atoms with van der Waals surface area (Å²) in [4.78, 5) is 35.6. The molecular formula is C18H13ClN2O4. The lowest BCUT2D eigenvalue weighted by Crippen LogP contribution is -2.35. The average molecular weight is 357 g/mol. The molecule has 25 heavy (non-hydrogen) atoms. The van der Waals surface area contributed by atoms with E-state index in [0.29, 0.717) is 11.3 Å². The minimum absolute atomic E-state index is 0.0137. The summed E-state index contributed by atoms with van der Waals surface area (Å²) in [5.74, 6) is -1.24. The van der Waals surface area contributed by atoms with Gasteiger partial charge in [-0.1, -0.05) is 35.9 Å². The van der Waals surface area contributed by atoms with Gasteiger partial charge in [0.05, 0.1) is 10.7 Å². The fraction of sp³-hybridized carbons (Fsp3) is 0.0556. The number of hydrazine groups is 1. The van der Waals surface area contributed by atoms with Crippen LogP contribution in [0.25, 0.3) is 6.08 Å². The molecule has 0 saturated carbocycles. The van der Waals surface area contributed by atoms with Crippen molar-refractivity contribution < 1.29 is 19.1 Å². The van der Waals surface area contributed by atoms with Crippen LogP contribution in [0.1, 0.15) is 12.5 Å². The van der Waals surface area contributed by atoms with Crippen LogP contribution in [0.5, 0.6) is 5.75 Å². The fourth-order valence-electron chi connectivity index (χ4n) is 2.33. The summed E-state index contributed by atoms with van der Waals surface area (Å²) in [6.07, 6.45) is 1.43. The van der Waals surface area contributed by atoms with Crippen molar-refractivity contribution in [2.45, 2.75) is 6.92 Å². The predicted molar refractivity (Wildman–Crippen MR) is 92.8 cm³/mol. The minimum atomic E-state index is -0.506. The van der Waals surface area contributed by atoms with Gasteiger partial charge in [-0.15, -0.1) is 0 Å². The van der Waals surface area contributed by atoms with Crippen LogP contribution in [0.15, 0.2) is 54.1 Å². The number of esters is 1. The number of anilines is 1. The number of amides is 2. The van der Waals surface area contributed by atoms with Crippen molar-refractivity contribution in [1.82, 2.24) is 5.43 Å². The molecule has 1 saturated heterocycles. The summed E-state index contributed by atoms with van der Waals surface area (Å²) in [6, 6.07) is 13.4. The molecule has 0 aromatic heterocycles. The van der Waals surface area contributed by atoms with Crippen LogP contribution in [-0.4, -0.2) is 17.8 Å². The smallest absolute Gasteiger partial charge is 0.308 e. The van der Waals surface area contributed by atoms with Crippen LogP contribution >= 0.6 is 11.6 Å². The van der Waals surface area contributed by atoms with E-state index in [4.69, 9.17) is 16.3 Å². The molecule has 6 nitrogen and oxygen atoms in total. The van der Waals surface area contributed by atoms with Crippen molar-refractivity contribution in [2.75, 3.05) is 5.01 Å². The van der Waals surface area contributed by atoms with E-state index in [0.717, 1.165) is 0 Å². The average Bonchev–Trinajstić information content (AvgIpc) is 2.86. The maximum Gasteiger partial charge on any atom is 0.308 e. The summed E-state index contributed by atoms with van der Waals surface area (Å²) < 4.78 is 4.94. The van der Waals surface area contributed by atoms with E-state index < -0.39 is 17.8 Å². The van der Waals surface area contributed by atoms with Crippen molar-refractivity contribution in [3.8, 4) is 5.75 Å². The quantitative estimate of drug-likeness (QED) is 0.397. The molecule has 3 rings (SSSR count). The predicted octanol–water partition coefficient (Wildman–Crippen LogP) is 2.73. The molecule has 0 aliphatic carbocycles. The van der Waals surface area contributed by atoms with Crippen molar-refractivity contribution in [3.63, 3.8) is 0 Å². The van der Waals surface area contributed by atoms with Gasteiger partial charge in [-0.05, 0) is 35.9 Å². The minimum Gasteiger partial charge on any atom is -0.425 e. The van der Waals surface area contributed by atoms with Crippen LogP contribution < -0.4 is 15.2 Å². The van der Waals surface area contributed by atoms with Crippen molar-refractivity contribution in [1.29, 1.82) is 0 Å². The molecule has 1 aliphatic rings. The Hall–Kier alpha value is -3.12. The number of nitrogens with one attached hydrogen (secondary N) is 1. The molecule has 1 fully saturated rings. The maximum atomic E-state index is 12.5. The molecule has 2 aromatic rings. The second-order valence-electron chi connectivity index (χ2n) is 5.26. The third kappa shape index (κ3) is 3.54. The van der Waals surface area contributed by atoms with E-state index in [2.05, 4.69) is 5.43 Å². The summed E-state index contributed by atoms with van der Waals surface area (Å²) >= 11 is 6.05. The van der Waals surface area contributed by atoms with Gasteiger partial charge < -0.3 is 4.74 Å². The molecule has 2 amide bonds. The first-order chi connectivity index (χ1) is 12.0. The highest BCUT2D eigenvalue weighted by atomic mass is 35.5. The number of para-hydroxylation sites is 1. The number of carbonyl (C=O) groups is 3.